The zero-order chi connectivity index (χ0) is 24.2. The Hall–Kier alpha value is -3.36. The number of piperidine rings is 1. The molecule has 2 bridgehead atoms. The maximum Gasteiger partial charge on any atom is 0.255 e. The summed E-state index contributed by atoms with van der Waals surface area (Å²) in [5, 5.41) is 26.4. The summed E-state index contributed by atoms with van der Waals surface area (Å²) in [5.41, 5.74) is 2.07. The molecule has 0 unspecified atom stereocenters. The average molecular weight is 485 g/mol. The van der Waals surface area contributed by atoms with E-state index in [-0.39, 0.29) is 17.7 Å². The number of phenols is 1. The van der Waals surface area contributed by atoms with Crippen LogP contribution in [0.1, 0.15) is 40.7 Å². The highest BCUT2D eigenvalue weighted by molar-refractivity contribution is 6.05. The highest BCUT2D eigenvalue weighted by atomic mass is 16.5. The number of phenolic OH excluding ortho intramolecular Hbond substituents is 1. The third-order valence-corrected chi connectivity index (χ3v) is 9.32. The lowest BCUT2D eigenvalue weighted by atomic mass is 9.50. The summed E-state index contributed by atoms with van der Waals surface area (Å²) in [6.07, 6.45) is 10.6. The van der Waals surface area contributed by atoms with Crippen LogP contribution in [0, 0.1) is 5.92 Å². The Morgan fingerprint density at radius 2 is 2.19 bits per heavy atom. The summed E-state index contributed by atoms with van der Waals surface area (Å²) in [6.45, 7) is 1.87. The first-order valence-electron chi connectivity index (χ1n) is 12.9. The van der Waals surface area contributed by atoms with E-state index in [0.717, 1.165) is 35.7 Å². The van der Waals surface area contributed by atoms with E-state index < -0.39 is 23.2 Å². The van der Waals surface area contributed by atoms with Crippen LogP contribution in [0.2, 0.25) is 0 Å². The Morgan fingerprint density at radius 3 is 3.06 bits per heavy atom. The van der Waals surface area contributed by atoms with Crippen molar-refractivity contribution in [2.24, 2.45) is 5.92 Å². The van der Waals surface area contributed by atoms with E-state index in [1.807, 2.05) is 30.4 Å². The minimum atomic E-state index is -1.14. The first-order chi connectivity index (χ1) is 17.5. The third kappa shape index (κ3) is 2.51. The van der Waals surface area contributed by atoms with Crippen LogP contribution in [0.4, 0.5) is 0 Å². The lowest BCUT2D eigenvalue weighted by Gasteiger charge is -2.62. The molecule has 2 aromatic heterocycles. The number of hydrogen-bond donors (Lipinski definition) is 4. The second-order valence-corrected chi connectivity index (χ2v) is 11.2. The Kier molecular flexibility index (Phi) is 3.98. The van der Waals surface area contributed by atoms with Gasteiger partial charge in [0, 0.05) is 30.5 Å². The number of pyridine rings is 1. The number of aromatic nitrogens is 2. The molecule has 0 radical (unpaired) electrons. The summed E-state index contributed by atoms with van der Waals surface area (Å²) in [6, 6.07) is 6.86. The van der Waals surface area contributed by atoms with Gasteiger partial charge in [0.05, 0.1) is 22.5 Å². The molecule has 2 fully saturated rings. The standard InChI is InChI=1S/C28H28N4O4/c33-20-6-5-16-12-21-28(35)8-7-19(31-26(34)17-13-30-18-2-1-10-29-23(17)18)25-27(28,22(16)24(20)36-25)9-11-32(21)14-15-3-4-15/h1-2,5-8,10,13,15,19,21,25,30,33,35H,3-4,9,11-12,14H2,(H,31,34)/t19-,21-,25+,27+,28-/m1/s1. The van der Waals surface area contributed by atoms with Crippen molar-refractivity contribution in [3.8, 4) is 11.5 Å². The van der Waals surface area contributed by atoms with E-state index in [2.05, 4.69) is 20.2 Å². The summed E-state index contributed by atoms with van der Waals surface area (Å²) in [7, 11) is 0. The molecular weight excluding hydrogens is 456 g/mol. The molecule has 4 N–H and O–H groups in total. The van der Waals surface area contributed by atoms with Crippen LogP contribution in [0.3, 0.4) is 0 Å². The Bertz CT molecular complexity index is 1460. The van der Waals surface area contributed by atoms with Gasteiger partial charge in [0.1, 0.15) is 17.2 Å². The molecular formula is C28H28N4O4. The van der Waals surface area contributed by atoms with Gasteiger partial charge in [-0.1, -0.05) is 18.2 Å². The molecule has 36 heavy (non-hydrogen) atoms. The zero-order valence-corrected chi connectivity index (χ0v) is 19.8. The van der Waals surface area contributed by atoms with Gasteiger partial charge in [0.2, 0.25) is 0 Å². The normalized spacial score (nSPS) is 33.9. The number of nitrogens with one attached hydrogen (secondary N) is 2. The van der Waals surface area contributed by atoms with Gasteiger partial charge in [0.25, 0.3) is 5.91 Å². The first-order valence-corrected chi connectivity index (χ1v) is 12.9. The number of carbonyl (C=O) groups is 1. The van der Waals surface area contributed by atoms with Crippen LogP contribution in [-0.4, -0.2) is 67.9 Å². The van der Waals surface area contributed by atoms with Crippen LogP contribution >= 0.6 is 0 Å². The molecule has 4 heterocycles. The quantitative estimate of drug-likeness (QED) is 0.424. The summed E-state index contributed by atoms with van der Waals surface area (Å²) >= 11 is 0. The number of carbonyl (C=O) groups excluding carboxylic acids is 1. The van der Waals surface area contributed by atoms with Crippen molar-refractivity contribution in [1.82, 2.24) is 20.2 Å². The van der Waals surface area contributed by atoms with Crippen LogP contribution in [-0.2, 0) is 11.8 Å². The number of likely N-dealkylation sites (tertiary alicyclic amines) is 1. The second kappa shape index (κ2) is 6.89. The predicted molar refractivity (Wildman–Crippen MR) is 132 cm³/mol. The van der Waals surface area contributed by atoms with Crippen molar-refractivity contribution in [1.29, 1.82) is 0 Å². The number of rotatable bonds is 4. The predicted octanol–water partition coefficient (Wildman–Crippen LogP) is 2.41. The minimum Gasteiger partial charge on any atom is -0.504 e. The van der Waals surface area contributed by atoms with Crippen molar-refractivity contribution >= 4 is 16.9 Å². The van der Waals surface area contributed by atoms with E-state index in [1.165, 1.54) is 12.8 Å². The van der Waals surface area contributed by atoms with Gasteiger partial charge in [-0.3, -0.25) is 14.7 Å². The summed E-state index contributed by atoms with van der Waals surface area (Å²) in [5.74, 6) is 1.02. The molecule has 8 rings (SSSR count). The van der Waals surface area contributed by atoms with Crippen LogP contribution in [0.5, 0.6) is 11.5 Å². The smallest absolute Gasteiger partial charge is 0.255 e. The highest BCUT2D eigenvalue weighted by Gasteiger charge is 2.72. The first kappa shape index (κ1) is 20.8. The third-order valence-electron chi connectivity index (χ3n) is 9.32. The lowest BCUT2D eigenvalue weighted by Crippen LogP contribution is -2.76. The van der Waals surface area contributed by atoms with Crippen LogP contribution < -0.4 is 10.1 Å². The molecule has 2 aliphatic heterocycles. The molecule has 5 aliphatic rings. The zero-order valence-electron chi connectivity index (χ0n) is 19.8. The molecule has 1 spiro atoms. The Labute approximate surface area is 208 Å². The number of aromatic amines is 1. The number of nitrogens with zero attached hydrogens (tertiary/aromatic N) is 2. The molecule has 1 saturated heterocycles. The van der Waals surface area contributed by atoms with Crippen molar-refractivity contribution in [3.63, 3.8) is 0 Å². The maximum atomic E-state index is 13.4. The van der Waals surface area contributed by atoms with Crippen molar-refractivity contribution in [3.05, 3.63) is 65.5 Å². The number of aliphatic hydroxyl groups is 1. The number of benzene rings is 1. The second-order valence-electron chi connectivity index (χ2n) is 11.2. The van der Waals surface area contributed by atoms with Gasteiger partial charge in [-0.25, -0.2) is 0 Å². The minimum absolute atomic E-state index is 0.0633. The van der Waals surface area contributed by atoms with E-state index in [4.69, 9.17) is 4.74 Å². The van der Waals surface area contributed by atoms with Gasteiger partial charge >= 0.3 is 0 Å². The van der Waals surface area contributed by atoms with Gasteiger partial charge in [-0.2, -0.15) is 0 Å². The fourth-order valence-corrected chi connectivity index (χ4v) is 7.52. The van der Waals surface area contributed by atoms with E-state index >= 15 is 0 Å². The number of ether oxygens (including phenoxy) is 1. The molecule has 5 atom stereocenters. The number of hydrogen-bond acceptors (Lipinski definition) is 6. The molecule has 8 nitrogen and oxygen atoms in total. The largest absolute Gasteiger partial charge is 0.504 e. The lowest BCUT2D eigenvalue weighted by molar-refractivity contribution is -0.144. The van der Waals surface area contributed by atoms with Crippen molar-refractivity contribution < 1.29 is 19.7 Å². The molecule has 1 aromatic carbocycles. The maximum absolute atomic E-state index is 13.4. The van der Waals surface area contributed by atoms with E-state index in [9.17, 15) is 15.0 Å². The van der Waals surface area contributed by atoms with Crippen molar-refractivity contribution in [2.75, 3.05) is 13.1 Å². The van der Waals surface area contributed by atoms with Gasteiger partial charge in [-0.05, 0) is 61.9 Å². The number of fused-ring (bicyclic) bond motifs is 1. The number of amides is 1. The molecule has 3 aromatic rings. The average Bonchev–Trinajstić information content (AvgIpc) is 3.46. The van der Waals surface area contributed by atoms with Crippen LogP contribution in [0.15, 0.2) is 48.8 Å². The fraction of sp³-hybridized carbons (Fsp3) is 0.429. The number of H-pyrrole nitrogens is 1. The van der Waals surface area contributed by atoms with Crippen molar-refractivity contribution in [2.45, 2.75) is 54.9 Å². The van der Waals surface area contributed by atoms with E-state index in [0.29, 0.717) is 29.7 Å². The molecule has 1 amide bonds. The molecule has 184 valence electrons. The molecule has 8 heteroatoms. The van der Waals surface area contributed by atoms with Gasteiger partial charge < -0.3 is 25.3 Å². The fourth-order valence-electron chi connectivity index (χ4n) is 7.52. The topological polar surface area (TPSA) is 111 Å². The van der Waals surface area contributed by atoms with Crippen LogP contribution in [0.25, 0.3) is 11.0 Å². The molecule has 1 saturated carbocycles. The monoisotopic (exact) mass is 484 g/mol. The van der Waals surface area contributed by atoms with Gasteiger partial charge in [-0.15, -0.1) is 0 Å². The Morgan fingerprint density at radius 1 is 1.31 bits per heavy atom. The Balaban J connectivity index is 1.22. The highest BCUT2D eigenvalue weighted by Crippen LogP contribution is 2.64. The summed E-state index contributed by atoms with van der Waals surface area (Å²) < 4.78 is 6.50. The molecule has 3 aliphatic carbocycles. The SMILES string of the molecule is O=C(N[C@@H]1C=C[C@@]2(O)[C@H]3Cc4ccc(O)c5c4[C@@]2(CCN3CC2CC2)[C@H]1O5)c1c[nH]c2cccnc12. The summed E-state index contributed by atoms with van der Waals surface area (Å²) in [4.78, 5) is 23.4. The van der Waals surface area contributed by atoms with Gasteiger partial charge in [0.15, 0.2) is 11.5 Å². The van der Waals surface area contributed by atoms with E-state index in [1.54, 1.807) is 18.5 Å². The number of aromatic hydroxyl groups is 1.